The highest BCUT2D eigenvalue weighted by Crippen LogP contribution is 2.27. The monoisotopic (exact) mass is 362 g/mol. The van der Waals surface area contributed by atoms with Crippen molar-refractivity contribution in [3.63, 3.8) is 0 Å². The fraction of sp³-hybridized carbons (Fsp3) is 0.571. The van der Waals surface area contributed by atoms with Gasteiger partial charge in [0.15, 0.2) is 0 Å². The zero-order valence-electron chi connectivity index (χ0n) is 12.3. The van der Waals surface area contributed by atoms with Crippen LogP contribution in [0.1, 0.15) is 27.2 Å². The summed E-state index contributed by atoms with van der Waals surface area (Å²) >= 11 is 3.32. The highest BCUT2D eigenvalue weighted by molar-refractivity contribution is 9.10. The standard InChI is InChI=1S/C14H23BrN2O2S/c1-4-9-17(11-14(2,3)10-16)20(18,19)13-8-6-5-7-12(13)15/h5-8H,4,9-11,16H2,1-3H3. The predicted molar refractivity (Wildman–Crippen MR) is 86.0 cm³/mol. The van der Waals surface area contributed by atoms with Crippen LogP contribution in [0.3, 0.4) is 0 Å². The van der Waals surface area contributed by atoms with Crippen LogP contribution in [0.5, 0.6) is 0 Å². The van der Waals surface area contributed by atoms with Gasteiger partial charge in [-0.1, -0.05) is 32.9 Å². The van der Waals surface area contributed by atoms with Crippen LogP contribution in [0.25, 0.3) is 0 Å². The number of nitrogens with two attached hydrogens (primary N) is 1. The molecular formula is C14H23BrN2O2S. The van der Waals surface area contributed by atoms with Crippen LogP contribution in [0.15, 0.2) is 33.6 Å². The Morgan fingerprint density at radius 3 is 2.40 bits per heavy atom. The first-order valence-corrected chi connectivity index (χ1v) is 8.92. The third-order valence-corrected chi connectivity index (χ3v) is 5.94. The Morgan fingerprint density at radius 1 is 1.30 bits per heavy atom. The second-order valence-corrected chi connectivity index (χ2v) is 8.40. The van der Waals surface area contributed by atoms with Gasteiger partial charge in [-0.05, 0) is 46.4 Å². The van der Waals surface area contributed by atoms with Gasteiger partial charge >= 0.3 is 0 Å². The summed E-state index contributed by atoms with van der Waals surface area (Å²) in [6, 6.07) is 6.90. The molecule has 0 radical (unpaired) electrons. The van der Waals surface area contributed by atoms with Crippen molar-refractivity contribution in [2.24, 2.45) is 11.1 Å². The van der Waals surface area contributed by atoms with Gasteiger partial charge in [0, 0.05) is 17.6 Å². The smallest absolute Gasteiger partial charge is 0.244 e. The summed E-state index contributed by atoms with van der Waals surface area (Å²) in [7, 11) is -3.51. The SMILES string of the molecule is CCCN(CC(C)(C)CN)S(=O)(=O)c1ccccc1Br. The molecule has 20 heavy (non-hydrogen) atoms. The molecule has 0 aliphatic heterocycles. The zero-order valence-corrected chi connectivity index (χ0v) is 14.7. The first-order chi connectivity index (χ1) is 9.24. The molecule has 0 unspecified atom stereocenters. The van der Waals surface area contributed by atoms with Gasteiger partial charge in [0.1, 0.15) is 0 Å². The van der Waals surface area contributed by atoms with Gasteiger partial charge in [0.05, 0.1) is 4.90 Å². The molecule has 0 saturated carbocycles. The number of halogens is 1. The van der Waals surface area contributed by atoms with Gasteiger partial charge < -0.3 is 5.73 Å². The van der Waals surface area contributed by atoms with Crippen LogP contribution in [0, 0.1) is 5.41 Å². The lowest BCUT2D eigenvalue weighted by Gasteiger charge is -2.31. The molecule has 1 aromatic carbocycles. The molecule has 0 spiro atoms. The van der Waals surface area contributed by atoms with Crippen LogP contribution in [-0.2, 0) is 10.0 Å². The molecule has 1 rings (SSSR count). The summed E-state index contributed by atoms with van der Waals surface area (Å²) in [6.45, 7) is 7.28. The average Bonchev–Trinajstić information content (AvgIpc) is 2.38. The van der Waals surface area contributed by atoms with Crippen molar-refractivity contribution in [3.05, 3.63) is 28.7 Å². The molecule has 0 aliphatic rings. The van der Waals surface area contributed by atoms with E-state index in [0.29, 0.717) is 29.0 Å². The number of hydrogen-bond acceptors (Lipinski definition) is 3. The highest BCUT2D eigenvalue weighted by Gasteiger charge is 2.30. The Kier molecular flexibility index (Phi) is 6.19. The molecule has 114 valence electrons. The van der Waals surface area contributed by atoms with Gasteiger partial charge in [0.2, 0.25) is 10.0 Å². The van der Waals surface area contributed by atoms with Crippen molar-refractivity contribution in [1.82, 2.24) is 4.31 Å². The maximum atomic E-state index is 12.8. The molecule has 0 aliphatic carbocycles. The number of sulfonamides is 1. The minimum Gasteiger partial charge on any atom is -0.330 e. The highest BCUT2D eigenvalue weighted by atomic mass is 79.9. The zero-order chi connectivity index (χ0) is 15.4. The Morgan fingerprint density at radius 2 is 1.90 bits per heavy atom. The lowest BCUT2D eigenvalue weighted by atomic mass is 9.94. The minimum atomic E-state index is -3.51. The van der Waals surface area contributed by atoms with E-state index in [2.05, 4.69) is 15.9 Å². The number of rotatable bonds is 7. The molecule has 1 aromatic rings. The molecule has 0 atom stereocenters. The Bertz CT molecular complexity index is 544. The predicted octanol–water partition coefficient (Wildman–Crippen LogP) is 2.83. The normalized spacial score (nSPS) is 12.9. The second kappa shape index (κ2) is 7.02. The summed E-state index contributed by atoms with van der Waals surface area (Å²) in [6.07, 6.45) is 0.768. The van der Waals surface area contributed by atoms with E-state index in [-0.39, 0.29) is 5.41 Å². The lowest BCUT2D eigenvalue weighted by Crippen LogP contribution is -2.42. The van der Waals surface area contributed by atoms with Crippen LogP contribution in [0.4, 0.5) is 0 Å². The van der Waals surface area contributed by atoms with Gasteiger partial charge in [-0.3, -0.25) is 0 Å². The van der Waals surface area contributed by atoms with E-state index in [1.54, 1.807) is 24.3 Å². The lowest BCUT2D eigenvalue weighted by molar-refractivity contribution is 0.266. The van der Waals surface area contributed by atoms with Gasteiger partial charge in [-0.25, -0.2) is 8.42 Å². The van der Waals surface area contributed by atoms with E-state index in [0.717, 1.165) is 6.42 Å². The molecule has 4 nitrogen and oxygen atoms in total. The average molecular weight is 363 g/mol. The summed E-state index contributed by atoms with van der Waals surface area (Å²) in [4.78, 5) is 0.307. The fourth-order valence-corrected chi connectivity index (χ4v) is 4.55. The molecule has 6 heteroatoms. The Labute approximate surface area is 130 Å². The molecule has 0 fully saturated rings. The van der Waals surface area contributed by atoms with Crippen LogP contribution < -0.4 is 5.73 Å². The molecular weight excluding hydrogens is 340 g/mol. The van der Waals surface area contributed by atoms with E-state index < -0.39 is 10.0 Å². The minimum absolute atomic E-state index is 0.247. The molecule has 0 saturated heterocycles. The number of benzene rings is 1. The van der Waals surface area contributed by atoms with E-state index in [1.807, 2.05) is 20.8 Å². The molecule has 2 N–H and O–H groups in total. The summed E-state index contributed by atoms with van der Waals surface area (Å²) < 4.78 is 27.7. The molecule has 0 bridgehead atoms. The first kappa shape index (κ1) is 17.6. The summed E-state index contributed by atoms with van der Waals surface area (Å²) in [5.41, 5.74) is 5.49. The van der Waals surface area contributed by atoms with Crippen LogP contribution >= 0.6 is 15.9 Å². The fourth-order valence-electron chi connectivity index (χ4n) is 1.87. The van der Waals surface area contributed by atoms with E-state index >= 15 is 0 Å². The summed E-state index contributed by atoms with van der Waals surface area (Å²) in [5, 5.41) is 0. The van der Waals surface area contributed by atoms with Crippen molar-refractivity contribution < 1.29 is 8.42 Å². The maximum absolute atomic E-state index is 12.8. The third kappa shape index (κ3) is 4.28. The van der Waals surface area contributed by atoms with Gasteiger partial charge in [-0.2, -0.15) is 4.31 Å². The molecule has 0 aromatic heterocycles. The number of hydrogen-bond donors (Lipinski definition) is 1. The summed E-state index contributed by atoms with van der Waals surface area (Å²) in [5.74, 6) is 0. The molecule has 0 amide bonds. The van der Waals surface area contributed by atoms with Crippen molar-refractivity contribution in [2.45, 2.75) is 32.1 Å². The van der Waals surface area contributed by atoms with Gasteiger partial charge in [0.25, 0.3) is 0 Å². The third-order valence-electron chi connectivity index (χ3n) is 3.08. The van der Waals surface area contributed by atoms with E-state index in [1.165, 1.54) is 4.31 Å². The van der Waals surface area contributed by atoms with Crippen molar-refractivity contribution in [3.8, 4) is 0 Å². The quantitative estimate of drug-likeness (QED) is 0.810. The van der Waals surface area contributed by atoms with Crippen molar-refractivity contribution in [2.75, 3.05) is 19.6 Å². The maximum Gasteiger partial charge on any atom is 0.244 e. The Balaban J connectivity index is 3.17. The van der Waals surface area contributed by atoms with E-state index in [4.69, 9.17) is 5.73 Å². The van der Waals surface area contributed by atoms with Crippen molar-refractivity contribution >= 4 is 26.0 Å². The topological polar surface area (TPSA) is 63.4 Å². The van der Waals surface area contributed by atoms with Crippen LogP contribution in [-0.4, -0.2) is 32.4 Å². The van der Waals surface area contributed by atoms with E-state index in [9.17, 15) is 8.42 Å². The second-order valence-electron chi connectivity index (χ2n) is 5.64. The molecule has 0 heterocycles. The van der Waals surface area contributed by atoms with Crippen LogP contribution in [0.2, 0.25) is 0 Å². The largest absolute Gasteiger partial charge is 0.330 e. The van der Waals surface area contributed by atoms with Crippen molar-refractivity contribution in [1.29, 1.82) is 0 Å². The Hall–Kier alpha value is -0.430. The first-order valence-electron chi connectivity index (χ1n) is 6.69. The van der Waals surface area contributed by atoms with Gasteiger partial charge in [-0.15, -0.1) is 0 Å². The number of nitrogens with zero attached hydrogens (tertiary/aromatic N) is 1.